The number of nitrogens with one attached hydrogen (secondary N) is 1. The molecule has 1 aromatic rings. The van der Waals surface area contributed by atoms with Gasteiger partial charge in [-0.2, -0.15) is 0 Å². The van der Waals surface area contributed by atoms with E-state index in [1.165, 1.54) is 11.1 Å². The third-order valence-electron chi connectivity index (χ3n) is 3.67. The first-order valence-electron chi connectivity index (χ1n) is 7.55. The predicted molar refractivity (Wildman–Crippen MR) is 84.6 cm³/mol. The second-order valence-corrected chi connectivity index (χ2v) is 5.25. The lowest BCUT2D eigenvalue weighted by Crippen LogP contribution is -2.42. The van der Waals surface area contributed by atoms with Crippen LogP contribution in [0.2, 0.25) is 0 Å². The first-order valence-corrected chi connectivity index (χ1v) is 7.55. The van der Waals surface area contributed by atoms with E-state index in [1.54, 1.807) is 14.2 Å². The van der Waals surface area contributed by atoms with Gasteiger partial charge in [0.25, 0.3) is 0 Å². The molecule has 114 valence electrons. The molecule has 0 aromatic heterocycles. The molecule has 0 aliphatic heterocycles. The maximum absolute atomic E-state index is 5.68. The topological polar surface area (TPSA) is 30.5 Å². The molecule has 0 saturated carbocycles. The first kappa shape index (κ1) is 17.0. The fourth-order valence-electron chi connectivity index (χ4n) is 2.67. The van der Waals surface area contributed by atoms with Crippen LogP contribution < -0.4 is 10.1 Å². The molecule has 0 bridgehead atoms. The summed E-state index contributed by atoms with van der Waals surface area (Å²) in [5.41, 5.74) is 2.51. The van der Waals surface area contributed by atoms with Crippen molar-refractivity contribution in [1.29, 1.82) is 0 Å². The lowest BCUT2D eigenvalue weighted by atomic mass is 9.96. The van der Waals surface area contributed by atoms with Crippen molar-refractivity contribution in [3.05, 3.63) is 29.3 Å². The van der Waals surface area contributed by atoms with Gasteiger partial charge in [-0.15, -0.1) is 0 Å². The van der Waals surface area contributed by atoms with Crippen molar-refractivity contribution < 1.29 is 9.47 Å². The van der Waals surface area contributed by atoms with Crippen LogP contribution in [0.1, 0.15) is 37.8 Å². The maximum Gasteiger partial charge on any atom is 0.122 e. The minimum Gasteiger partial charge on any atom is -0.496 e. The minimum atomic E-state index is 0.241. The van der Waals surface area contributed by atoms with Gasteiger partial charge >= 0.3 is 0 Å². The highest BCUT2D eigenvalue weighted by Crippen LogP contribution is 2.23. The Morgan fingerprint density at radius 2 is 1.95 bits per heavy atom. The van der Waals surface area contributed by atoms with Crippen molar-refractivity contribution in [1.82, 2.24) is 5.32 Å². The number of aryl methyl sites for hydroxylation is 1. The highest BCUT2D eigenvalue weighted by molar-refractivity contribution is 5.37. The molecule has 0 aliphatic carbocycles. The molecular formula is C17H29NO2. The van der Waals surface area contributed by atoms with E-state index in [1.807, 2.05) is 0 Å². The Morgan fingerprint density at radius 3 is 2.50 bits per heavy atom. The Labute approximate surface area is 123 Å². The first-order chi connectivity index (χ1) is 9.65. The Hall–Kier alpha value is -1.06. The van der Waals surface area contributed by atoms with E-state index < -0.39 is 0 Å². The number of hydrogen-bond donors (Lipinski definition) is 1. The average Bonchev–Trinajstić information content (AvgIpc) is 2.44. The number of methoxy groups -OCH3 is 2. The summed E-state index contributed by atoms with van der Waals surface area (Å²) in [6, 6.07) is 6.67. The van der Waals surface area contributed by atoms with Crippen molar-refractivity contribution in [2.75, 3.05) is 20.8 Å². The van der Waals surface area contributed by atoms with Gasteiger partial charge in [0, 0.05) is 13.2 Å². The van der Waals surface area contributed by atoms with Crippen LogP contribution >= 0.6 is 0 Å². The fourth-order valence-corrected chi connectivity index (χ4v) is 2.67. The van der Waals surface area contributed by atoms with Gasteiger partial charge in [0.2, 0.25) is 0 Å². The summed E-state index contributed by atoms with van der Waals surface area (Å²) in [4.78, 5) is 0. The van der Waals surface area contributed by atoms with Crippen LogP contribution in [-0.2, 0) is 11.2 Å². The summed E-state index contributed by atoms with van der Waals surface area (Å²) in [6.07, 6.45) is 3.37. The smallest absolute Gasteiger partial charge is 0.122 e. The highest BCUT2D eigenvalue weighted by atomic mass is 16.5. The van der Waals surface area contributed by atoms with E-state index >= 15 is 0 Å². The summed E-state index contributed by atoms with van der Waals surface area (Å²) in [5, 5.41) is 3.56. The van der Waals surface area contributed by atoms with E-state index in [4.69, 9.17) is 9.47 Å². The second-order valence-electron chi connectivity index (χ2n) is 5.25. The number of rotatable bonds is 9. The Bertz CT molecular complexity index is 393. The summed E-state index contributed by atoms with van der Waals surface area (Å²) in [6.45, 7) is 7.40. The van der Waals surface area contributed by atoms with Crippen LogP contribution in [0.25, 0.3) is 0 Å². The van der Waals surface area contributed by atoms with Crippen LogP contribution in [0.4, 0.5) is 0 Å². The zero-order chi connectivity index (χ0) is 15.0. The molecule has 0 saturated heterocycles. The van der Waals surface area contributed by atoms with Crippen LogP contribution in [0, 0.1) is 6.92 Å². The van der Waals surface area contributed by atoms with Gasteiger partial charge in [-0.1, -0.05) is 38.0 Å². The SMILES string of the molecule is CCCC(OC)C(Cc1cc(C)ccc1OC)NCC. The van der Waals surface area contributed by atoms with E-state index in [0.29, 0.717) is 6.04 Å². The molecule has 1 aromatic carbocycles. The number of benzene rings is 1. The molecule has 0 radical (unpaired) electrons. The highest BCUT2D eigenvalue weighted by Gasteiger charge is 2.21. The van der Waals surface area contributed by atoms with Gasteiger partial charge in [-0.25, -0.2) is 0 Å². The monoisotopic (exact) mass is 279 g/mol. The van der Waals surface area contributed by atoms with Crippen molar-refractivity contribution in [2.45, 2.75) is 52.2 Å². The molecule has 0 spiro atoms. The molecule has 3 nitrogen and oxygen atoms in total. The predicted octanol–water partition coefficient (Wildman–Crippen LogP) is 3.34. The molecule has 1 N–H and O–H groups in total. The van der Waals surface area contributed by atoms with Crippen LogP contribution in [-0.4, -0.2) is 32.9 Å². The number of likely N-dealkylation sites (N-methyl/N-ethyl adjacent to an activating group) is 1. The van der Waals surface area contributed by atoms with E-state index in [9.17, 15) is 0 Å². The number of ether oxygens (including phenoxy) is 2. The molecule has 1 rings (SSSR count). The summed E-state index contributed by atoms with van der Waals surface area (Å²) < 4.78 is 11.2. The van der Waals surface area contributed by atoms with Gasteiger partial charge in [-0.3, -0.25) is 0 Å². The van der Waals surface area contributed by atoms with E-state index in [2.05, 4.69) is 44.3 Å². The molecule has 0 aliphatic rings. The lowest BCUT2D eigenvalue weighted by molar-refractivity contribution is 0.0612. The normalized spacial score (nSPS) is 14.1. The molecular weight excluding hydrogens is 250 g/mol. The Balaban J connectivity index is 2.91. The molecule has 20 heavy (non-hydrogen) atoms. The van der Waals surface area contributed by atoms with Crippen molar-refractivity contribution in [3.8, 4) is 5.75 Å². The third-order valence-corrected chi connectivity index (χ3v) is 3.67. The molecule has 0 amide bonds. The second kappa shape index (κ2) is 8.98. The summed E-state index contributed by atoms with van der Waals surface area (Å²) >= 11 is 0. The quantitative estimate of drug-likeness (QED) is 0.752. The van der Waals surface area contributed by atoms with Crippen molar-refractivity contribution in [2.24, 2.45) is 0 Å². The van der Waals surface area contributed by atoms with Crippen molar-refractivity contribution in [3.63, 3.8) is 0 Å². The minimum absolute atomic E-state index is 0.241. The van der Waals surface area contributed by atoms with Crippen LogP contribution in [0.5, 0.6) is 5.75 Å². The van der Waals surface area contributed by atoms with Gasteiger partial charge in [0.15, 0.2) is 0 Å². The summed E-state index contributed by atoms with van der Waals surface area (Å²) in [7, 11) is 3.54. The maximum atomic E-state index is 5.68. The summed E-state index contributed by atoms with van der Waals surface area (Å²) in [5.74, 6) is 0.963. The Kier molecular flexibility index (Phi) is 7.63. The lowest BCUT2D eigenvalue weighted by Gasteiger charge is -2.27. The molecule has 3 heteroatoms. The zero-order valence-corrected chi connectivity index (χ0v) is 13.5. The number of hydrogen-bond acceptors (Lipinski definition) is 3. The van der Waals surface area contributed by atoms with Gasteiger partial charge in [-0.05, 0) is 37.9 Å². The van der Waals surface area contributed by atoms with Crippen LogP contribution in [0.3, 0.4) is 0 Å². The van der Waals surface area contributed by atoms with Gasteiger partial charge < -0.3 is 14.8 Å². The van der Waals surface area contributed by atoms with Crippen LogP contribution in [0.15, 0.2) is 18.2 Å². The Morgan fingerprint density at radius 1 is 1.20 bits per heavy atom. The third kappa shape index (κ3) is 4.80. The van der Waals surface area contributed by atoms with Gasteiger partial charge in [0.05, 0.1) is 13.2 Å². The molecule has 2 atom stereocenters. The molecule has 0 fully saturated rings. The van der Waals surface area contributed by atoms with E-state index in [0.717, 1.165) is 31.6 Å². The van der Waals surface area contributed by atoms with E-state index in [-0.39, 0.29) is 6.10 Å². The fraction of sp³-hybridized carbons (Fsp3) is 0.647. The molecule has 2 unspecified atom stereocenters. The van der Waals surface area contributed by atoms with Crippen molar-refractivity contribution >= 4 is 0 Å². The molecule has 0 heterocycles. The standard InChI is InChI=1S/C17H29NO2/c1-6-8-17(20-5)15(18-7-2)12-14-11-13(3)9-10-16(14)19-4/h9-11,15,17-18H,6-8,12H2,1-5H3. The van der Waals surface area contributed by atoms with Gasteiger partial charge in [0.1, 0.15) is 5.75 Å². The largest absolute Gasteiger partial charge is 0.496 e. The average molecular weight is 279 g/mol. The zero-order valence-electron chi connectivity index (χ0n) is 13.5.